The van der Waals surface area contributed by atoms with Crippen LogP contribution in [0.4, 0.5) is 5.69 Å². The van der Waals surface area contributed by atoms with Gasteiger partial charge in [0.15, 0.2) is 0 Å². The Morgan fingerprint density at radius 1 is 1.46 bits per heavy atom. The van der Waals surface area contributed by atoms with Crippen LogP contribution >= 0.6 is 0 Å². The van der Waals surface area contributed by atoms with Crippen LogP contribution in [0.25, 0.3) is 6.08 Å². The Bertz CT molecular complexity index is 324. The van der Waals surface area contributed by atoms with E-state index in [4.69, 9.17) is 0 Å². The van der Waals surface area contributed by atoms with Crippen molar-refractivity contribution in [3.63, 3.8) is 0 Å². The molecule has 0 radical (unpaired) electrons. The minimum Gasteiger partial charge on any atom is -0.264 e. The van der Waals surface area contributed by atoms with Gasteiger partial charge in [-0.05, 0) is 25.6 Å². The van der Waals surface area contributed by atoms with Gasteiger partial charge >= 0.3 is 0 Å². The lowest BCUT2D eigenvalue weighted by Crippen LogP contribution is -1.83. The van der Waals surface area contributed by atoms with Crippen molar-refractivity contribution in [2.75, 3.05) is 0 Å². The predicted molar refractivity (Wildman–Crippen MR) is 59.7 cm³/mol. The van der Waals surface area contributed by atoms with Crippen LogP contribution in [0.15, 0.2) is 29.3 Å². The summed E-state index contributed by atoms with van der Waals surface area (Å²) >= 11 is 0. The largest absolute Gasteiger partial charge is 0.264 e. The number of hydrogen-bond acceptors (Lipinski definition) is 1. The van der Waals surface area contributed by atoms with Crippen molar-refractivity contribution in [3.05, 3.63) is 35.4 Å². The maximum atomic E-state index is 4.06. The van der Waals surface area contributed by atoms with Gasteiger partial charge in [0.25, 0.3) is 0 Å². The molecule has 0 aliphatic heterocycles. The van der Waals surface area contributed by atoms with Gasteiger partial charge in [0.2, 0.25) is 0 Å². The van der Waals surface area contributed by atoms with Gasteiger partial charge in [-0.1, -0.05) is 37.3 Å². The Hall–Kier alpha value is -1.37. The minimum absolute atomic E-state index is 1.000. The highest BCUT2D eigenvalue weighted by Gasteiger charge is 2.01. The predicted octanol–water partition coefficient (Wildman–Crippen LogP) is 3.61. The molecule has 13 heavy (non-hydrogen) atoms. The van der Waals surface area contributed by atoms with Crippen molar-refractivity contribution in [2.24, 2.45) is 4.99 Å². The Morgan fingerprint density at radius 2 is 2.23 bits per heavy atom. The van der Waals surface area contributed by atoms with Crippen molar-refractivity contribution < 1.29 is 0 Å². The summed E-state index contributed by atoms with van der Waals surface area (Å²) in [6, 6.07) is 6.21. The second-order valence-electron chi connectivity index (χ2n) is 2.87. The maximum absolute atomic E-state index is 4.06. The summed E-state index contributed by atoms with van der Waals surface area (Å²) in [6.07, 6.45) is 5.08. The van der Waals surface area contributed by atoms with Crippen molar-refractivity contribution in [1.29, 1.82) is 0 Å². The fraction of sp³-hybridized carbons (Fsp3) is 0.250. The van der Waals surface area contributed by atoms with E-state index in [0.29, 0.717) is 0 Å². The fourth-order valence-electron chi connectivity index (χ4n) is 1.40. The first kappa shape index (κ1) is 9.72. The number of benzene rings is 1. The highest BCUT2D eigenvalue weighted by molar-refractivity contribution is 5.68. The Kier molecular flexibility index (Phi) is 3.44. The van der Waals surface area contributed by atoms with Crippen LogP contribution in [-0.2, 0) is 6.42 Å². The molecule has 1 heteroatoms. The van der Waals surface area contributed by atoms with Crippen LogP contribution in [0.3, 0.4) is 0 Å². The van der Waals surface area contributed by atoms with E-state index in [2.05, 4.69) is 42.9 Å². The third-order valence-corrected chi connectivity index (χ3v) is 2.04. The van der Waals surface area contributed by atoms with Gasteiger partial charge in [-0.2, -0.15) is 0 Å². The molecule has 0 unspecified atom stereocenters. The monoisotopic (exact) mass is 173 g/mol. The molecule has 68 valence electrons. The molecule has 0 aliphatic rings. The van der Waals surface area contributed by atoms with Crippen molar-refractivity contribution >= 4 is 18.5 Å². The van der Waals surface area contributed by atoms with E-state index in [9.17, 15) is 0 Å². The fourth-order valence-corrected chi connectivity index (χ4v) is 1.40. The van der Waals surface area contributed by atoms with E-state index in [-0.39, 0.29) is 0 Å². The third kappa shape index (κ3) is 2.05. The summed E-state index contributed by atoms with van der Waals surface area (Å²) in [5.41, 5.74) is 3.42. The van der Waals surface area contributed by atoms with Crippen LogP contribution < -0.4 is 0 Å². The topological polar surface area (TPSA) is 12.4 Å². The van der Waals surface area contributed by atoms with E-state index in [1.54, 1.807) is 0 Å². The summed E-state index contributed by atoms with van der Waals surface area (Å²) in [6.45, 7) is 7.73. The minimum atomic E-state index is 1.000. The lowest BCUT2D eigenvalue weighted by Gasteiger charge is -2.05. The quantitative estimate of drug-likeness (QED) is 0.619. The van der Waals surface area contributed by atoms with Crippen LogP contribution in [0.2, 0.25) is 0 Å². The molecule has 0 atom stereocenters. The molecule has 0 aromatic heterocycles. The molecule has 0 bridgehead atoms. The number of aliphatic imine (C=N–C) groups is 1. The number of hydrogen-bond donors (Lipinski definition) is 0. The van der Waals surface area contributed by atoms with Gasteiger partial charge < -0.3 is 0 Å². The molecule has 0 saturated carbocycles. The zero-order valence-electron chi connectivity index (χ0n) is 8.25. The molecule has 0 N–H and O–H groups in total. The standard InChI is InChI=1S/C12H15N/c1-4-7-11-9-6-8-10(5-2)12(11)13-3/h4,6-9H,3,5H2,1-2H3. The molecule has 0 spiro atoms. The Labute approximate surface area is 79.8 Å². The number of rotatable bonds is 3. The smallest absolute Gasteiger partial charge is 0.0726 e. The first-order valence-electron chi connectivity index (χ1n) is 4.54. The van der Waals surface area contributed by atoms with Gasteiger partial charge in [-0.3, -0.25) is 4.99 Å². The summed E-state index contributed by atoms with van der Waals surface area (Å²) in [5.74, 6) is 0. The van der Waals surface area contributed by atoms with Gasteiger partial charge in [0.05, 0.1) is 5.69 Å². The summed E-state index contributed by atoms with van der Waals surface area (Å²) < 4.78 is 0. The average Bonchev–Trinajstić information content (AvgIpc) is 2.18. The lowest BCUT2D eigenvalue weighted by atomic mass is 10.1. The molecule has 0 heterocycles. The molecule has 1 nitrogen and oxygen atoms in total. The van der Waals surface area contributed by atoms with Crippen LogP contribution in [0.5, 0.6) is 0 Å². The molecular weight excluding hydrogens is 158 g/mol. The molecule has 0 fully saturated rings. The van der Waals surface area contributed by atoms with E-state index >= 15 is 0 Å². The zero-order chi connectivity index (χ0) is 9.68. The second-order valence-corrected chi connectivity index (χ2v) is 2.87. The van der Waals surface area contributed by atoms with E-state index < -0.39 is 0 Å². The second kappa shape index (κ2) is 4.61. The highest BCUT2D eigenvalue weighted by Crippen LogP contribution is 2.25. The van der Waals surface area contributed by atoms with E-state index in [1.807, 2.05) is 13.0 Å². The van der Waals surface area contributed by atoms with Crippen molar-refractivity contribution in [2.45, 2.75) is 20.3 Å². The summed E-state index contributed by atoms with van der Waals surface area (Å²) in [4.78, 5) is 4.06. The zero-order valence-corrected chi connectivity index (χ0v) is 8.25. The Morgan fingerprint density at radius 3 is 2.77 bits per heavy atom. The molecular formula is C12H15N. The first-order chi connectivity index (χ1) is 6.33. The maximum Gasteiger partial charge on any atom is 0.0726 e. The average molecular weight is 173 g/mol. The van der Waals surface area contributed by atoms with Gasteiger partial charge in [-0.15, -0.1) is 0 Å². The molecule has 1 aromatic rings. The van der Waals surface area contributed by atoms with Gasteiger partial charge in [0, 0.05) is 5.56 Å². The first-order valence-corrected chi connectivity index (χ1v) is 4.54. The van der Waals surface area contributed by atoms with Crippen LogP contribution in [0.1, 0.15) is 25.0 Å². The van der Waals surface area contributed by atoms with E-state index in [0.717, 1.165) is 17.7 Å². The molecule has 1 rings (SSSR count). The van der Waals surface area contributed by atoms with Crippen LogP contribution in [0, 0.1) is 0 Å². The number of allylic oxidation sites excluding steroid dienone is 1. The molecule has 0 aliphatic carbocycles. The van der Waals surface area contributed by atoms with Gasteiger partial charge in [-0.25, -0.2) is 0 Å². The van der Waals surface area contributed by atoms with Gasteiger partial charge in [0.1, 0.15) is 0 Å². The Balaban J connectivity index is 3.26. The lowest BCUT2D eigenvalue weighted by molar-refractivity contribution is 1.13. The SMILES string of the molecule is C=Nc1c(C=CC)cccc1CC. The highest BCUT2D eigenvalue weighted by atomic mass is 14.7. The molecule has 0 saturated heterocycles. The van der Waals surface area contributed by atoms with E-state index in [1.165, 1.54) is 5.56 Å². The summed E-state index contributed by atoms with van der Waals surface area (Å²) in [7, 11) is 0. The van der Waals surface area contributed by atoms with Crippen LogP contribution in [-0.4, -0.2) is 6.72 Å². The van der Waals surface area contributed by atoms with Crippen molar-refractivity contribution in [3.8, 4) is 0 Å². The van der Waals surface area contributed by atoms with Crippen molar-refractivity contribution in [1.82, 2.24) is 0 Å². The normalized spacial score (nSPS) is 10.6. The molecule has 0 amide bonds. The number of aryl methyl sites for hydroxylation is 1. The number of nitrogens with zero attached hydrogens (tertiary/aromatic N) is 1. The molecule has 1 aromatic carbocycles. The third-order valence-electron chi connectivity index (χ3n) is 2.04. The number of para-hydroxylation sites is 1. The summed E-state index contributed by atoms with van der Waals surface area (Å²) in [5, 5.41) is 0.